The van der Waals surface area contributed by atoms with Crippen molar-refractivity contribution in [2.75, 3.05) is 6.61 Å². The maximum absolute atomic E-state index is 13.2. The highest BCUT2D eigenvalue weighted by atomic mass is 32.1. The third-order valence-electron chi connectivity index (χ3n) is 5.70. The maximum atomic E-state index is 13.2. The smallest absolute Gasteiger partial charge is 0.311 e. The minimum absolute atomic E-state index is 0.158. The van der Waals surface area contributed by atoms with E-state index in [1.165, 1.54) is 33.3 Å². The summed E-state index contributed by atoms with van der Waals surface area (Å²) >= 11 is 2.73. The van der Waals surface area contributed by atoms with Gasteiger partial charge in [0, 0.05) is 23.4 Å². The van der Waals surface area contributed by atoms with Crippen LogP contribution >= 0.6 is 22.7 Å². The summed E-state index contributed by atoms with van der Waals surface area (Å²) in [6.07, 6.45) is 3.51. The van der Waals surface area contributed by atoms with Crippen LogP contribution < -0.4 is 14.8 Å². The second-order valence-corrected chi connectivity index (χ2v) is 10.1. The normalized spacial score (nSPS) is 11.9. The molecule has 6 aromatic rings. The molecular formula is C26H18N6O4S2. The lowest BCUT2D eigenvalue weighted by atomic mass is 10.1. The van der Waals surface area contributed by atoms with Gasteiger partial charge in [-0.3, -0.25) is 14.9 Å². The largest absolute Gasteiger partial charge is 0.487 e. The van der Waals surface area contributed by atoms with E-state index in [0.717, 1.165) is 10.6 Å². The number of nitro groups is 1. The highest BCUT2D eigenvalue weighted by Crippen LogP contribution is 2.34. The molecule has 0 aliphatic heterocycles. The third-order valence-corrected chi connectivity index (χ3v) is 7.53. The van der Waals surface area contributed by atoms with E-state index < -0.39 is 4.92 Å². The van der Waals surface area contributed by atoms with E-state index in [-0.39, 0.29) is 17.0 Å². The van der Waals surface area contributed by atoms with Crippen LogP contribution in [0.1, 0.15) is 12.5 Å². The Morgan fingerprint density at radius 2 is 1.95 bits per heavy atom. The van der Waals surface area contributed by atoms with Crippen LogP contribution in [-0.2, 0) is 0 Å². The molecule has 0 spiro atoms. The highest BCUT2D eigenvalue weighted by molar-refractivity contribution is 7.15. The second kappa shape index (κ2) is 9.65. The van der Waals surface area contributed by atoms with Crippen LogP contribution in [0.15, 0.2) is 77.0 Å². The summed E-state index contributed by atoms with van der Waals surface area (Å²) in [5.74, 6) is 0.692. The molecular weight excluding hydrogens is 524 g/mol. The zero-order valence-corrected chi connectivity index (χ0v) is 21.5. The van der Waals surface area contributed by atoms with E-state index in [1.807, 2.05) is 47.8 Å². The number of para-hydroxylation sites is 1. The Bertz CT molecular complexity index is 1890. The number of rotatable bonds is 7. The molecule has 0 saturated carbocycles. The molecule has 0 amide bonds. The lowest BCUT2D eigenvalue weighted by Gasteiger charge is -2.06. The van der Waals surface area contributed by atoms with Crippen LogP contribution in [0, 0.1) is 10.1 Å². The third kappa shape index (κ3) is 4.25. The summed E-state index contributed by atoms with van der Waals surface area (Å²) in [6, 6.07) is 18.0. The number of hydrogen-bond acceptors (Lipinski definition) is 9. The lowest BCUT2D eigenvalue weighted by molar-refractivity contribution is -0.385. The molecule has 0 aliphatic carbocycles. The molecule has 0 atom stereocenters. The summed E-state index contributed by atoms with van der Waals surface area (Å²) in [5.41, 5.74) is 1.97. The molecule has 12 heteroatoms. The first-order chi connectivity index (χ1) is 18.5. The molecule has 0 aliphatic rings. The van der Waals surface area contributed by atoms with Gasteiger partial charge in [-0.15, -0.1) is 16.4 Å². The summed E-state index contributed by atoms with van der Waals surface area (Å²) in [4.78, 5) is 30.4. The van der Waals surface area contributed by atoms with Gasteiger partial charge in [0.15, 0.2) is 11.6 Å². The minimum Gasteiger partial charge on any atom is -0.487 e. The van der Waals surface area contributed by atoms with E-state index in [9.17, 15) is 14.9 Å². The van der Waals surface area contributed by atoms with Gasteiger partial charge in [0.2, 0.25) is 4.96 Å². The Morgan fingerprint density at radius 3 is 2.66 bits per heavy atom. The summed E-state index contributed by atoms with van der Waals surface area (Å²) in [5, 5.41) is 22.8. The number of ether oxygens (including phenoxy) is 1. The predicted octanol–water partition coefficient (Wildman–Crippen LogP) is 4.59. The first-order valence-electron chi connectivity index (χ1n) is 11.5. The van der Waals surface area contributed by atoms with Crippen LogP contribution in [-0.4, -0.2) is 35.9 Å². The molecule has 10 nitrogen and oxygen atoms in total. The zero-order valence-electron chi connectivity index (χ0n) is 19.8. The molecule has 0 N–H and O–H groups in total. The Morgan fingerprint density at radius 1 is 1.11 bits per heavy atom. The number of thiazole rings is 1. The SMILES string of the molecule is CCOc1ccc(-c2nn(-c3ccccc3)cc2C=c2sc3nc(-c4cccs4)nn3c2=O)cc1[N+](=O)[O-]. The van der Waals surface area contributed by atoms with Crippen molar-refractivity contribution in [2.45, 2.75) is 6.92 Å². The Labute approximate surface area is 222 Å². The molecule has 188 valence electrons. The molecule has 0 unspecified atom stereocenters. The van der Waals surface area contributed by atoms with Gasteiger partial charge in [-0.05, 0) is 48.7 Å². The van der Waals surface area contributed by atoms with Gasteiger partial charge >= 0.3 is 5.69 Å². The first kappa shape index (κ1) is 23.7. The minimum atomic E-state index is -0.479. The van der Waals surface area contributed by atoms with Gasteiger partial charge in [-0.25, -0.2) is 4.68 Å². The van der Waals surface area contributed by atoms with Crippen molar-refractivity contribution >= 4 is 39.4 Å². The standard InChI is InChI=1S/C26H18N6O4S2/c1-2-36-20-11-10-16(13-19(20)32(34)35)23-17(15-30(28-23)18-7-4-3-5-8-18)14-22-25(33)31-26(38-22)27-24(29-31)21-9-6-12-37-21/h3-15H,2H2,1H3. The van der Waals surface area contributed by atoms with Gasteiger partial charge in [-0.2, -0.15) is 14.6 Å². The average Bonchev–Trinajstić information content (AvgIpc) is 3.72. The summed E-state index contributed by atoms with van der Waals surface area (Å²) in [7, 11) is 0. The topological polar surface area (TPSA) is 117 Å². The van der Waals surface area contributed by atoms with Gasteiger partial charge in [0.25, 0.3) is 5.56 Å². The van der Waals surface area contributed by atoms with Gasteiger partial charge in [0.05, 0.1) is 26.6 Å². The van der Waals surface area contributed by atoms with Crippen molar-refractivity contribution in [1.29, 1.82) is 0 Å². The molecule has 0 saturated heterocycles. The number of aromatic nitrogens is 5. The molecule has 4 aromatic heterocycles. The van der Waals surface area contributed by atoms with E-state index in [2.05, 4.69) is 10.1 Å². The van der Waals surface area contributed by atoms with Crippen LogP contribution in [0.25, 0.3) is 38.7 Å². The number of benzene rings is 2. The molecule has 0 radical (unpaired) electrons. The zero-order chi connectivity index (χ0) is 26.2. The van der Waals surface area contributed by atoms with E-state index in [4.69, 9.17) is 9.84 Å². The van der Waals surface area contributed by atoms with Gasteiger partial charge in [0.1, 0.15) is 5.69 Å². The van der Waals surface area contributed by atoms with Crippen molar-refractivity contribution < 1.29 is 9.66 Å². The second-order valence-electron chi connectivity index (χ2n) is 8.11. The molecule has 0 bridgehead atoms. The van der Waals surface area contributed by atoms with E-state index >= 15 is 0 Å². The summed E-state index contributed by atoms with van der Waals surface area (Å²) in [6.45, 7) is 2.07. The molecule has 4 heterocycles. The van der Waals surface area contributed by atoms with Crippen molar-refractivity contribution in [3.05, 3.63) is 103 Å². The Kier molecular flexibility index (Phi) is 6.02. The summed E-state index contributed by atoms with van der Waals surface area (Å²) < 4.78 is 8.84. The van der Waals surface area contributed by atoms with Gasteiger partial charge < -0.3 is 4.74 Å². The van der Waals surface area contributed by atoms with Crippen molar-refractivity contribution in [2.24, 2.45) is 0 Å². The Balaban J connectivity index is 1.51. The van der Waals surface area contributed by atoms with Crippen LogP contribution in [0.4, 0.5) is 5.69 Å². The van der Waals surface area contributed by atoms with Crippen LogP contribution in [0.2, 0.25) is 0 Å². The number of nitrogens with zero attached hydrogens (tertiary/aromatic N) is 6. The lowest BCUT2D eigenvalue weighted by Crippen LogP contribution is -2.23. The van der Waals surface area contributed by atoms with Crippen LogP contribution in [0.3, 0.4) is 0 Å². The van der Waals surface area contributed by atoms with Crippen molar-refractivity contribution in [3.8, 4) is 33.4 Å². The van der Waals surface area contributed by atoms with Gasteiger partial charge in [-0.1, -0.05) is 35.6 Å². The predicted molar refractivity (Wildman–Crippen MR) is 146 cm³/mol. The van der Waals surface area contributed by atoms with E-state index in [0.29, 0.717) is 38.7 Å². The number of hydrogen-bond donors (Lipinski definition) is 0. The van der Waals surface area contributed by atoms with E-state index in [1.54, 1.807) is 36.0 Å². The average molecular weight is 543 g/mol. The number of fused-ring (bicyclic) bond motifs is 1. The monoisotopic (exact) mass is 542 g/mol. The molecule has 2 aromatic carbocycles. The number of nitro benzene ring substituents is 1. The van der Waals surface area contributed by atoms with Crippen molar-refractivity contribution in [3.63, 3.8) is 0 Å². The fraction of sp³-hybridized carbons (Fsp3) is 0.0769. The molecule has 38 heavy (non-hydrogen) atoms. The fourth-order valence-electron chi connectivity index (χ4n) is 4.00. The van der Waals surface area contributed by atoms with Crippen molar-refractivity contribution in [1.82, 2.24) is 24.4 Å². The highest BCUT2D eigenvalue weighted by Gasteiger charge is 2.20. The first-order valence-corrected chi connectivity index (χ1v) is 13.2. The molecule has 0 fully saturated rings. The fourth-order valence-corrected chi connectivity index (χ4v) is 5.55. The van der Waals surface area contributed by atoms with Crippen LogP contribution in [0.5, 0.6) is 5.75 Å². The Hall–Kier alpha value is -4.68. The quantitative estimate of drug-likeness (QED) is 0.214. The maximum Gasteiger partial charge on any atom is 0.311 e. The number of thiophene rings is 1. The molecule has 6 rings (SSSR count).